The number of hydrogen-bond acceptors (Lipinski definition) is 3. The van der Waals surface area contributed by atoms with Crippen molar-refractivity contribution >= 4 is 34.8 Å². The van der Waals surface area contributed by atoms with Crippen molar-refractivity contribution in [1.29, 1.82) is 0 Å². The van der Waals surface area contributed by atoms with Gasteiger partial charge in [-0.1, -0.05) is 23.2 Å². The van der Waals surface area contributed by atoms with Gasteiger partial charge in [0.25, 0.3) is 5.91 Å². The highest BCUT2D eigenvalue weighted by Crippen LogP contribution is 2.28. The lowest BCUT2D eigenvalue weighted by Crippen LogP contribution is -2.30. The van der Waals surface area contributed by atoms with E-state index in [0.717, 1.165) is 0 Å². The van der Waals surface area contributed by atoms with Crippen molar-refractivity contribution in [2.75, 3.05) is 12.4 Å². The van der Waals surface area contributed by atoms with E-state index < -0.39 is 6.10 Å². The lowest BCUT2D eigenvalue weighted by atomic mass is 10.2. The Hall–Kier alpha value is -1.91. The van der Waals surface area contributed by atoms with E-state index in [9.17, 15) is 4.79 Å². The second kappa shape index (κ2) is 7.38. The molecule has 0 radical (unpaired) electrons. The maximum atomic E-state index is 12.2. The Kier molecular flexibility index (Phi) is 5.52. The summed E-state index contributed by atoms with van der Waals surface area (Å²) in [7, 11) is 1.52. The number of ether oxygens (including phenoxy) is 2. The molecule has 0 fully saturated rings. The third-order valence-corrected chi connectivity index (χ3v) is 3.40. The lowest BCUT2D eigenvalue weighted by molar-refractivity contribution is -0.122. The zero-order valence-electron chi connectivity index (χ0n) is 12.1. The van der Waals surface area contributed by atoms with Crippen molar-refractivity contribution < 1.29 is 14.3 Å². The van der Waals surface area contributed by atoms with Gasteiger partial charge in [-0.25, -0.2) is 0 Å². The van der Waals surface area contributed by atoms with Crippen LogP contribution in [-0.4, -0.2) is 19.1 Å². The molecule has 0 heterocycles. The Morgan fingerprint density at radius 2 is 1.73 bits per heavy atom. The molecule has 1 N–H and O–H groups in total. The van der Waals surface area contributed by atoms with Gasteiger partial charge < -0.3 is 14.8 Å². The quantitative estimate of drug-likeness (QED) is 0.877. The van der Waals surface area contributed by atoms with Gasteiger partial charge in [0.2, 0.25) is 0 Å². The van der Waals surface area contributed by atoms with Crippen LogP contribution in [0.15, 0.2) is 42.5 Å². The van der Waals surface area contributed by atoms with Crippen LogP contribution >= 0.6 is 23.2 Å². The van der Waals surface area contributed by atoms with E-state index in [1.165, 1.54) is 7.11 Å². The summed E-state index contributed by atoms with van der Waals surface area (Å²) >= 11 is 11.7. The second-order valence-electron chi connectivity index (χ2n) is 4.55. The molecule has 0 aliphatic heterocycles. The Bertz CT molecular complexity index is 659. The number of carbonyl (C=O) groups excluding carboxylic acids is 1. The first-order valence-electron chi connectivity index (χ1n) is 6.56. The zero-order chi connectivity index (χ0) is 16.1. The van der Waals surface area contributed by atoms with E-state index in [2.05, 4.69) is 5.32 Å². The highest BCUT2D eigenvalue weighted by molar-refractivity contribution is 6.31. The SMILES string of the molecule is COc1ccc(Cl)cc1NC(=O)[C@@H](C)Oc1ccc(Cl)cc1. The summed E-state index contributed by atoms with van der Waals surface area (Å²) in [5, 5.41) is 3.84. The third kappa shape index (κ3) is 4.29. The molecule has 2 rings (SSSR count). The minimum Gasteiger partial charge on any atom is -0.495 e. The van der Waals surface area contributed by atoms with Crippen LogP contribution in [0.1, 0.15) is 6.92 Å². The predicted molar refractivity (Wildman–Crippen MR) is 88.2 cm³/mol. The molecule has 1 amide bonds. The second-order valence-corrected chi connectivity index (χ2v) is 5.42. The molecule has 0 saturated heterocycles. The van der Waals surface area contributed by atoms with Crippen molar-refractivity contribution in [3.05, 3.63) is 52.5 Å². The fourth-order valence-electron chi connectivity index (χ4n) is 1.78. The monoisotopic (exact) mass is 339 g/mol. The Morgan fingerprint density at radius 1 is 1.09 bits per heavy atom. The molecule has 116 valence electrons. The molecular formula is C16H15Cl2NO3. The van der Waals surface area contributed by atoms with Gasteiger partial charge in [-0.05, 0) is 49.4 Å². The molecule has 0 aliphatic carbocycles. The number of rotatable bonds is 5. The fourth-order valence-corrected chi connectivity index (χ4v) is 2.08. The summed E-state index contributed by atoms with van der Waals surface area (Å²) in [5.41, 5.74) is 0.492. The van der Waals surface area contributed by atoms with Crippen molar-refractivity contribution in [3.63, 3.8) is 0 Å². The predicted octanol–water partition coefficient (Wildman–Crippen LogP) is 4.41. The van der Waals surface area contributed by atoms with E-state index in [1.54, 1.807) is 49.4 Å². The number of nitrogens with one attached hydrogen (secondary N) is 1. The highest BCUT2D eigenvalue weighted by atomic mass is 35.5. The van der Waals surface area contributed by atoms with E-state index in [1.807, 2.05) is 0 Å². The number of carbonyl (C=O) groups is 1. The maximum absolute atomic E-state index is 12.2. The number of amides is 1. The molecule has 6 heteroatoms. The molecule has 0 saturated carbocycles. The standard InChI is InChI=1S/C16H15Cl2NO3/c1-10(22-13-6-3-11(17)4-7-13)16(20)19-14-9-12(18)5-8-15(14)21-2/h3-10H,1-2H3,(H,19,20)/t10-/m1/s1. The minimum atomic E-state index is -0.690. The van der Waals surface area contributed by atoms with Gasteiger partial charge in [0.1, 0.15) is 11.5 Å². The lowest BCUT2D eigenvalue weighted by Gasteiger charge is -2.16. The van der Waals surface area contributed by atoms with Gasteiger partial charge in [0.15, 0.2) is 6.10 Å². The Labute approximate surface area is 138 Å². The first-order chi connectivity index (χ1) is 10.5. The van der Waals surface area contributed by atoms with Crippen molar-refractivity contribution in [3.8, 4) is 11.5 Å². The minimum absolute atomic E-state index is 0.310. The van der Waals surface area contributed by atoms with E-state index in [4.69, 9.17) is 32.7 Å². The van der Waals surface area contributed by atoms with Crippen LogP contribution in [0.3, 0.4) is 0 Å². The Morgan fingerprint density at radius 3 is 2.36 bits per heavy atom. The van der Waals surface area contributed by atoms with Crippen LogP contribution < -0.4 is 14.8 Å². The van der Waals surface area contributed by atoms with E-state index >= 15 is 0 Å². The molecule has 0 aliphatic rings. The molecule has 0 aromatic heterocycles. The largest absolute Gasteiger partial charge is 0.495 e. The summed E-state index contributed by atoms with van der Waals surface area (Å²) in [6, 6.07) is 11.8. The summed E-state index contributed by atoms with van der Waals surface area (Å²) in [6.45, 7) is 1.65. The molecule has 0 spiro atoms. The topological polar surface area (TPSA) is 47.6 Å². The number of halogens is 2. The van der Waals surface area contributed by atoms with E-state index in [0.29, 0.717) is 27.2 Å². The Balaban J connectivity index is 2.05. The molecule has 4 nitrogen and oxygen atoms in total. The van der Waals surface area contributed by atoms with Gasteiger partial charge in [-0.3, -0.25) is 4.79 Å². The summed E-state index contributed by atoms with van der Waals surface area (Å²) < 4.78 is 10.7. The van der Waals surface area contributed by atoms with Crippen molar-refractivity contribution in [1.82, 2.24) is 0 Å². The normalized spacial score (nSPS) is 11.6. The van der Waals surface area contributed by atoms with Crippen LogP contribution in [0, 0.1) is 0 Å². The molecule has 2 aromatic carbocycles. The van der Waals surface area contributed by atoms with Gasteiger partial charge in [0, 0.05) is 10.0 Å². The molecule has 1 atom stereocenters. The van der Waals surface area contributed by atoms with Gasteiger partial charge in [-0.2, -0.15) is 0 Å². The van der Waals surface area contributed by atoms with Gasteiger partial charge in [0.05, 0.1) is 12.8 Å². The van der Waals surface area contributed by atoms with Crippen LogP contribution in [0.25, 0.3) is 0 Å². The average Bonchev–Trinajstić information content (AvgIpc) is 2.49. The molecule has 22 heavy (non-hydrogen) atoms. The van der Waals surface area contributed by atoms with Crippen LogP contribution in [0.5, 0.6) is 11.5 Å². The number of methoxy groups -OCH3 is 1. The summed E-state index contributed by atoms with van der Waals surface area (Å²) in [4.78, 5) is 12.2. The van der Waals surface area contributed by atoms with Crippen LogP contribution in [0.2, 0.25) is 10.0 Å². The highest BCUT2D eigenvalue weighted by Gasteiger charge is 2.17. The maximum Gasteiger partial charge on any atom is 0.265 e. The van der Waals surface area contributed by atoms with Crippen molar-refractivity contribution in [2.45, 2.75) is 13.0 Å². The summed E-state index contributed by atoms with van der Waals surface area (Å²) in [6.07, 6.45) is -0.690. The molecule has 0 unspecified atom stereocenters. The fraction of sp³-hybridized carbons (Fsp3) is 0.188. The third-order valence-electron chi connectivity index (χ3n) is 2.92. The molecular weight excluding hydrogens is 325 g/mol. The number of anilines is 1. The first-order valence-corrected chi connectivity index (χ1v) is 7.32. The number of benzene rings is 2. The van der Waals surface area contributed by atoms with Gasteiger partial charge in [-0.15, -0.1) is 0 Å². The van der Waals surface area contributed by atoms with Crippen molar-refractivity contribution in [2.24, 2.45) is 0 Å². The molecule has 0 bridgehead atoms. The van der Waals surface area contributed by atoms with E-state index in [-0.39, 0.29) is 5.91 Å². The molecule has 2 aromatic rings. The number of hydrogen-bond donors (Lipinski definition) is 1. The average molecular weight is 340 g/mol. The first kappa shape index (κ1) is 16.5. The smallest absolute Gasteiger partial charge is 0.265 e. The van der Waals surface area contributed by atoms with Crippen LogP contribution in [0.4, 0.5) is 5.69 Å². The summed E-state index contributed by atoms with van der Waals surface area (Å²) in [5.74, 6) is 0.775. The zero-order valence-corrected chi connectivity index (χ0v) is 13.6. The van der Waals surface area contributed by atoms with Gasteiger partial charge >= 0.3 is 0 Å². The van der Waals surface area contributed by atoms with Crippen LogP contribution in [-0.2, 0) is 4.79 Å².